The second-order valence-corrected chi connectivity index (χ2v) is 10.3. The highest BCUT2D eigenvalue weighted by Crippen LogP contribution is 2.42. The van der Waals surface area contributed by atoms with Crippen LogP contribution in [0.2, 0.25) is 0 Å². The summed E-state index contributed by atoms with van der Waals surface area (Å²) in [7, 11) is 3.23. The third-order valence-electron chi connectivity index (χ3n) is 5.10. The van der Waals surface area contributed by atoms with Crippen molar-refractivity contribution < 1.29 is 24.0 Å². The first-order chi connectivity index (χ1) is 16.5. The average Bonchev–Trinajstić information content (AvgIpc) is 3.17. The Morgan fingerprint density at radius 1 is 1.06 bits per heavy atom. The molecular weight excluding hydrogens is 474 g/mol. The summed E-state index contributed by atoms with van der Waals surface area (Å²) in [5.41, 5.74) is 1.61. The van der Waals surface area contributed by atoms with Crippen molar-refractivity contribution in [1.82, 2.24) is 15.4 Å². The normalized spacial score (nSPS) is 14.2. The number of nitrogens with zero attached hydrogens (tertiary/aromatic N) is 2. The number of pyridine rings is 1. The molecule has 34 heavy (non-hydrogen) atoms. The van der Waals surface area contributed by atoms with Gasteiger partial charge in [-0.2, -0.15) is 0 Å². The highest BCUT2D eigenvalue weighted by molar-refractivity contribution is 8.76. The Balaban J connectivity index is 1.37. The first kappa shape index (κ1) is 25.8. The molecular formula is C24H27N3O5S2. The molecule has 0 spiro atoms. The minimum Gasteiger partial charge on any atom is -0.352 e. The Morgan fingerprint density at radius 2 is 1.79 bits per heavy atom. The number of hydrogen-bond acceptors (Lipinski definition) is 8. The highest BCUT2D eigenvalue weighted by Gasteiger charge is 2.32. The van der Waals surface area contributed by atoms with Crippen molar-refractivity contribution in [3.63, 3.8) is 0 Å². The van der Waals surface area contributed by atoms with Crippen molar-refractivity contribution >= 4 is 45.3 Å². The number of amides is 3. The minimum atomic E-state index is -0.600. The smallest absolute Gasteiger partial charge is 0.333 e. The number of benzene rings is 1. The maximum absolute atomic E-state index is 12.8. The number of rotatable bonds is 12. The zero-order valence-corrected chi connectivity index (χ0v) is 20.5. The van der Waals surface area contributed by atoms with Crippen molar-refractivity contribution in [2.45, 2.75) is 55.7 Å². The van der Waals surface area contributed by atoms with Crippen LogP contribution in [0.4, 0.5) is 0 Å². The largest absolute Gasteiger partial charge is 0.352 e. The van der Waals surface area contributed by atoms with Crippen LogP contribution in [0.3, 0.4) is 0 Å². The Bertz CT molecular complexity index is 1000. The quantitative estimate of drug-likeness (QED) is 0.258. The molecule has 0 saturated carbocycles. The van der Waals surface area contributed by atoms with E-state index >= 15 is 0 Å². The zero-order valence-electron chi connectivity index (χ0n) is 18.9. The lowest BCUT2D eigenvalue weighted by Crippen LogP contribution is -2.32. The van der Waals surface area contributed by atoms with Crippen LogP contribution in [0.25, 0.3) is 0 Å². The first-order valence-electron chi connectivity index (χ1n) is 11.1. The summed E-state index contributed by atoms with van der Waals surface area (Å²) in [5, 5.41) is 4.52. The predicted octanol–water partition coefficient (Wildman–Crippen LogP) is 4.48. The topological polar surface area (TPSA) is 106 Å². The molecule has 0 radical (unpaired) electrons. The van der Waals surface area contributed by atoms with Gasteiger partial charge < -0.3 is 10.2 Å². The van der Waals surface area contributed by atoms with E-state index in [4.69, 9.17) is 4.84 Å². The van der Waals surface area contributed by atoms with Gasteiger partial charge in [0.1, 0.15) is 5.03 Å². The van der Waals surface area contributed by atoms with Gasteiger partial charge in [-0.05, 0) is 54.3 Å². The Kier molecular flexibility index (Phi) is 9.96. The van der Waals surface area contributed by atoms with Crippen LogP contribution in [0, 0.1) is 0 Å². The van der Waals surface area contributed by atoms with Crippen LogP contribution in [-0.4, -0.2) is 40.3 Å². The van der Waals surface area contributed by atoms with Gasteiger partial charge in [0.05, 0.1) is 0 Å². The van der Waals surface area contributed by atoms with Gasteiger partial charge >= 0.3 is 5.97 Å². The fourth-order valence-electron chi connectivity index (χ4n) is 3.30. The van der Waals surface area contributed by atoms with Crippen LogP contribution in [-0.2, 0) is 19.2 Å². The summed E-state index contributed by atoms with van der Waals surface area (Å²) in [5.74, 6) is -1.69. The molecule has 1 unspecified atom stereocenters. The van der Waals surface area contributed by atoms with Crippen LogP contribution >= 0.6 is 21.6 Å². The van der Waals surface area contributed by atoms with Crippen LogP contribution in [0.5, 0.6) is 0 Å². The molecule has 2 heterocycles. The fraction of sp³-hybridized carbons (Fsp3) is 0.375. The summed E-state index contributed by atoms with van der Waals surface area (Å²) in [4.78, 5) is 56.7. The number of imide groups is 1. The number of aromatic nitrogens is 1. The van der Waals surface area contributed by atoms with Crippen molar-refractivity contribution in [2.24, 2.45) is 0 Å². The lowest BCUT2D eigenvalue weighted by Gasteiger charge is -2.15. The first-order valence-corrected chi connectivity index (χ1v) is 13.3. The fourth-order valence-corrected chi connectivity index (χ4v) is 5.43. The van der Waals surface area contributed by atoms with Crippen LogP contribution < -0.4 is 5.32 Å². The molecule has 1 saturated heterocycles. The van der Waals surface area contributed by atoms with Crippen LogP contribution in [0.1, 0.15) is 66.6 Å². The highest BCUT2D eigenvalue weighted by atomic mass is 33.1. The van der Waals surface area contributed by atoms with Gasteiger partial charge in [-0.1, -0.05) is 41.5 Å². The lowest BCUT2D eigenvalue weighted by molar-refractivity contribution is -0.197. The maximum atomic E-state index is 12.8. The van der Waals surface area contributed by atoms with Gasteiger partial charge in [0, 0.05) is 42.8 Å². The predicted molar refractivity (Wildman–Crippen MR) is 131 cm³/mol. The Labute approximate surface area is 206 Å². The lowest BCUT2D eigenvalue weighted by atomic mass is 10.0. The van der Waals surface area contributed by atoms with E-state index in [9.17, 15) is 19.2 Å². The van der Waals surface area contributed by atoms with E-state index < -0.39 is 17.8 Å². The standard InChI is InChI=1S/C24H27N3O5S2/c1-17(33-34-20-11-6-8-15-25-20)18-9-4-5-10-19(18)24(31)26-16-7-2-3-12-23(30)32-27-21(28)13-14-22(27)29/h4-6,8-11,15,17H,2-3,7,12-14,16H2,1H3,(H,26,31). The molecule has 3 rings (SSSR count). The Hall–Kier alpha value is -2.85. The third kappa shape index (κ3) is 7.59. The number of unbranched alkanes of at least 4 members (excludes halogenated alkanes) is 2. The monoisotopic (exact) mass is 501 g/mol. The van der Waals surface area contributed by atoms with E-state index in [2.05, 4.69) is 17.2 Å². The van der Waals surface area contributed by atoms with Crippen molar-refractivity contribution in [1.29, 1.82) is 0 Å². The maximum Gasteiger partial charge on any atom is 0.333 e. The van der Waals surface area contributed by atoms with Gasteiger partial charge in [-0.25, -0.2) is 9.78 Å². The third-order valence-corrected chi connectivity index (χ3v) is 7.82. The molecule has 1 aliphatic rings. The molecule has 1 aromatic heterocycles. The van der Waals surface area contributed by atoms with Gasteiger partial charge in [0.2, 0.25) is 0 Å². The van der Waals surface area contributed by atoms with E-state index in [0.29, 0.717) is 36.4 Å². The van der Waals surface area contributed by atoms with E-state index in [1.165, 1.54) is 0 Å². The average molecular weight is 502 g/mol. The molecule has 8 nitrogen and oxygen atoms in total. The van der Waals surface area contributed by atoms with E-state index in [-0.39, 0.29) is 30.4 Å². The number of carbonyl (C=O) groups excluding carboxylic acids is 4. The molecule has 10 heteroatoms. The number of nitrogens with one attached hydrogen (secondary N) is 1. The van der Waals surface area contributed by atoms with E-state index in [0.717, 1.165) is 10.6 Å². The molecule has 1 fully saturated rings. The number of carbonyl (C=O) groups is 4. The van der Waals surface area contributed by atoms with Crippen molar-refractivity contribution in [3.8, 4) is 0 Å². The summed E-state index contributed by atoms with van der Waals surface area (Å²) in [6.45, 7) is 2.55. The van der Waals surface area contributed by atoms with E-state index in [1.807, 2.05) is 42.5 Å². The second kappa shape index (κ2) is 13.1. The summed E-state index contributed by atoms with van der Waals surface area (Å²) in [6.07, 6.45) is 3.96. The molecule has 1 N–H and O–H groups in total. The zero-order chi connectivity index (χ0) is 24.3. The van der Waals surface area contributed by atoms with Gasteiger partial charge in [-0.3, -0.25) is 14.4 Å². The van der Waals surface area contributed by atoms with Gasteiger partial charge in [0.15, 0.2) is 0 Å². The second-order valence-electron chi connectivity index (χ2n) is 7.69. The molecule has 1 aromatic carbocycles. The molecule has 3 amide bonds. The van der Waals surface area contributed by atoms with Gasteiger partial charge in [-0.15, -0.1) is 5.06 Å². The van der Waals surface area contributed by atoms with Crippen molar-refractivity contribution in [2.75, 3.05) is 6.54 Å². The SMILES string of the molecule is CC(SSc1ccccn1)c1ccccc1C(=O)NCCCCCC(=O)ON1C(=O)CCC1=O. The molecule has 180 valence electrons. The summed E-state index contributed by atoms with van der Waals surface area (Å²) in [6, 6.07) is 13.3. The Morgan fingerprint density at radius 3 is 2.53 bits per heavy atom. The molecule has 0 bridgehead atoms. The molecule has 1 aliphatic heterocycles. The number of hydrogen-bond donors (Lipinski definition) is 1. The summed E-state index contributed by atoms with van der Waals surface area (Å²) >= 11 is 0. The molecule has 0 aliphatic carbocycles. The van der Waals surface area contributed by atoms with Crippen molar-refractivity contribution in [3.05, 3.63) is 59.8 Å². The minimum absolute atomic E-state index is 0.0788. The van der Waals surface area contributed by atoms with Crippen LogP contribution in [0.15, 0.2) is 53.7 Å². The molecule has 1 atom stereocenters. The molecule has 2 aromatic rings. The van der Waals surface area contributed by atoms with E-state index in [1.54, 1.807) is 27.8 Å². The van der Waals surface area contributed by atoms with Gasteiger partial charge in [0.25, 0.3) is 17.7 Å². The number of hydroxylamine groups is 2. The summed E-state index contributed by atoms with van der Waals surface area (Å²) < 4.78 is 0.